The molecule has 1 atom stereocenters. The zero-order chi connectivity index (χ0) is 14.1. The summed E-state index contributed by atoms with van der Waals surface area (Å²) in [6, 6.07) is 7.06. The highest BCUT2D eigenvalue weighted by Crippen LogP contribution is 2.37. The van der Waals surface area contributed by atoms with Crippen LogP contribution in [0.3, 0.4) is 0 Å². The summed E-state index contributed by atoms with van der Waals surface area (Å²) >= 11 is 5.63. The van der Waals surface area contributed by atoms with Gasteiger partial charge in [-0.3, -0.25) is 0 Å². The van der Waals surface area contributed by atoms with Crippen LogP contribution in [0.5, 0.6) is 0 Å². The summed E-state index contributed by atoms with van der Waals surface area (Å²) in [5, 5.41) is 0. The van der Waals surface area contributed by atoms with Crippen molar-refractivity contribution in [2.24, 2.45) is 5.92 Å². The lowest BCUT2D eigenvalue weighted by molar-refractivity contribution is 0.245. The Bertz CT molecular complexity index is 647. The molecule has 1 saturated carbocycles. The number of aromatic nitrogens is 2. The van der Waals surface area contributed by atoms with Gasteiger partial charge in [0.1, 0.15) is 0 Å². The number of nitrogens with zero attached hydrogens (tertiary/aromatic N) is 1. The number of fused-ring (bicyclic) bond motifs is 1. The lowest BCUT2D eigenvalue weighted by Gasteiger charge is -2.31. The van der Waals surface area contributed by atoms with Gasteiger partial charge in [0.15, 0.2) is 4.77 Å². The van der Waals surface area contributed by atoms with Crippen LogP contribution in [0.25, 0.3) is 11.0 Å². The monoisotopic (exact) mass is 288 g/mol. The van der Waals surface area contributed by atoms with Gasteiger partial charge in [-0.1, -0.05) is 38.3 Å². The van der Waals surface area contributed by atoms with Crippen LogP contribution in [-0.2, 0) is 0 Å². The third-order valence-corrected chi connectivity index (χ3v) is 5.20. The van der Waals surface area contributed by atoms with E-state index in [9.17, 15) is 0 Å². The number of H-pyrrole nitrogens is 1. The second-order valence-corrected chi connectivity index (χ2v) is 6.53. The quantitative estimate of drug-likeness (QED) is 0.735. The first-order chi connectivity index (χ1) is 9.72. The number of aromatic amines is 1. The number of aryl methyl sites for hydroxylation is 1. The van der Waals surface area contributed by atoms with Crippen molar-refractivity contribution in [1.29, 1.82) is 0 Å². The van der Waals surface area contributed by atoms with E-state index in [1.807, 2.05) is 0 Å². The predicted octanol–water partition coefficient (Wildman–Crippen LogP) is 5.54. The molecule has 1 fully saturated rings. The summed E-state index contributed by atoms with van der Waals surface area (Å²) in [6.45, 7) is 4.45. The second kappa shape index (κ2) is 5.72. The highest BCUT2D eigenvalue weighted by Gasteiger charge is 2.25. The van der Waals surface area contributed by atoms with Crippen LogP contribution in [0.2, 0.25) is 0 Å². The normalized spacial score (nSPS) is 18.5. The van der Waals surface area contributed by atoms with E-state index in [0.717, 1.165) is 10.7 Å². The molecule has 20 heavy (non-hydrogen) atoms. The average Bonchev–Trinajstić information content (AvgIpc) is 2.80. The molecule has 0 aliphatic heterocycles. The van der Waals surface area contributed by atoms with Gasteiger partial charge in [-0.25, -0.2) is 0 Å². The van der Waals surface area contributed by atoms with E-state index in [1.165, 1.54) is 55.1 Å². The van der Waals surface area contributed by atoms with Crippen LogP contribution in [0.4, 0.5) is 0 Å². The predicted molar refractivity (Wildman–Crippen MR) is 87.8 cm³/mol. The molecule has 0 saturated heterocycles. The van der Waals surface area contributed by atoms with Gasteiger partial charge >= 0.3 is 0 Å². The fourth-order valence-corrected chi connectivity index (χ4v) is 4.20. The van der Waals surface area contributed by atoms with Gasteiger partial charge in [-0.15, -0.1) is 0 Å². The maximum Gasteiger partial charge on any atom is 0.178 e. The van der Waals surface area contributed by atoms with E-state index in [2.05, 4.69) is 41.6 Å². The number of rotatable bonds is 3. The Hall–Kier alpha value is -1.09. The molecular weight excluding hydrogens is 264 g/mol. The first-order valence-corrected chi connectivity index (χ1v) is 8.33. The maximum atomic E-state index is 5.63. The lowest BCUT2D eigenvalue weighted by atomic mass is 9.82. The molecule has 3 heteroatoms. The van der Waals surface area contributed by atoms with Gasteiger partial charge in [0.25, 0.3) is 0 Å². The molecule has 0 spiro atoms. The third kappa shape index (κ3) is 2.32. The molecule has 1 aliphatic rings. The number of imidazole rings is 1. The number of hydrogen-bond acceptors (Lipinski definition) is 1. The Balaban J connectivity index is 2.09. The minimum atomic E-state index is 0.554. The summed E-state index contributed by atoms with van der Waals surface area (Å²) in [5.41, 5.74) is 3.78. The number of benzene rings is 1. The lowest BCUT2D eigenvalue weighted by Crippen LogP contribution is -2.21. The van der Waals surface area contributed by atoms with Crippen LogP contribution in [0.1, 0.15) is 57.1 Å². The van der Waals surface area contributed by atoms with Crippen molar-refractivity contribution in [2.45, 2.75) is 58.4 Å². The fourth-order valence-electron chi connectivity index (χ4n) is 3.87. The molecule has 1 aliphatic carbocycles. The molecule has 1 N–H and O–H groups in total. The molecular formula is C17H24N2S. The highest BCUT2D eigenvalue weighted by molar-refractivity contribution is 7.71. The van der Waals surface area contributed by atoms with Crippen molar-refractivity contribution in [3.63, 3.8) is 0 Å². The summed E-state index contributed by atoms with van der Waals surface area (Å²) in [7, 11) is 0. The Morgan fingerprint density at radius 3 is 2.75 bits per heavy atom. The summed E-state index contributed by atoms with van der Waals surface area (Å²) in [4.78, 5) is 3.43. The van der Waals surface area contributed by atoms with Gasteiger partial charge < -0.3 is 9.55 Å². The smallest absolute Gasteiger partial charge is 0.178 e. The number of nitrogens with one attached hydrogen (secondary N) is 1. The number of para-hydroxylation sites is 1. The Morgan fingerprint density at radius 2 is 2.05 bits per heavy atom. The van der Waals surface area contributed by atoms with Gasteiger partial charge in [0.05, 0.1) is 11.0 Å². The van der Waals surface area contributed by atoms with Gasteiger partial charge in [0.2, 0.25) is 0 Å². The topological polar surface area (TPSA) is 20.7 Å². The second-order valence-electron chi connectivity index (χ2n) is 6.14. The van der Waals surface area contributed by atoms with E-state index >= 15 is 0 Å². The third-order valence-electron chi connectivity index (χ3n) is 4.90. The van der Waals surface area contributed by atoms with Crippen molar-refractivity contribution < 1.29 is 0 Å². The van der Waals surface area contributed by atoms with Crippen LogP contribution >= 0.6 is 12.2 Å². The molecule has 0 amide bonds. The molecule has 1 aromatic heterocycles. The van der Waals surface area contributed by atoms with E-state index in [1.54, 1.807) is 0 Å². The molecule has 0 radical (unpaired) electrons. The SMILES string of the molecule is CCC(C1CCCCC1)n1c(=S)[nH]c2c(C)cccc21. The molecule has 2 aromatic rings. The van der Waals surface area contributed by atoms with E-state index < -0.39 is 0 Å². The fraction of sp³-hybridized carbons (Fsp3) is 0.588. The van der Waals surface area contributed by atoms with Crippen molar-refractivity contribution in [3.8, 4) is 0 Å². The average molecular weight is 288 g/mol. The maximum absolute atomic E-state index is 5.63. The Morgan fingerprint density at radius 1 is 1.30 bits per heavy atom. The molecule has 1 unspecified atom stereocenters. The van der Waals surface area contributed by atoms with Crippen LogP contribution < -0.4 is 0 Å². The standard InChI is InChI=1S/C17H24N2S/c1-3-14(13-9-5-4-6-10-13)19-15-11-7-8-12(2)16(15)18-17(19)20/h7-8,11,13-14H,3-6,9-10H2,1-2H3,(H,18,20). The van der Waals surface area contributed by atoms with Crippen LogP contribution in [-0.4, -0.2) is 9.55 Å². The van der Waals surface area contributed by atoms with Crippen LogP contribution in [0, 0.1) is 17.6 Å². The summed E-state index contributed by atoms with van der Waals surface area (Å²) in [6.07, 6.45) is 8.06. The summed E-state index contributed by atoms with van der Waals surface area (Å²) in [5.74, 6) is 0.792. The van der Waals surface area contributed by atoms with Crippen molar-refractivity contribution in [2.75, 3.05) is 0 Å². The van der Waals surface area contributed by atoms with Crippen molar-refractivity contribution in [1.82, 2.24) is 9.55 Å². The van der Waals surface area contributed by atoms with Gasteiger partial charge in [-0.2, -0.15) is 0 Å². The Kier molecular flexibility index (Phi) is 3.97. The summed E-state index contributed by atoms with van der Waals surface area (Å²) < 4.78 is 3.29. The first-order valence-electron chi connectivity index (χ1n) is 7.92. The molecule has 0 bridgehead atoms. The van der Waals surface area contributed by atoms with E-state index in [-0.39, 0.29) is 0 Å². The zero-order valence-corrected chi connectivity index (χ0v) is 13.3. The molecule has 2 nitrogen and oxygen atoms in total. The minimum absolute atomic E-state index is 0.554. The molecule has 1 aromatic carbocycles. The molecule has 3 rings (SSSR count). The van der Waals surface area contributed by atoms with E-state index in [0.29, 0.717) is 6.04 Å². The number of hydrogen-bond donors (Lipinski definition) is 1. The highest BCUT2D eigenvalue weighted by atomic mass is 32.1. The van der Waals surface area contributed by atoms with Gasteiger partial charge in [0, 0.05) is 6.04 Å². The van der Waals surface area contributed by atoms with E-state index in [4.69, 9.17) is 12.2 Å². The van der Waals surface area contributed by atoms with Crippen molar-refractivity contribution >= 4 is 23.3 Å². The van der Waals surface area contributed by atoms with Gasteiger partial charge in [-0.05, 0) is 56.0 Å². The zero-order valence-electron chi connectivity index (χ0n) is 12.5. The minimum Gasteiger partial charge on any atom is -0.330 e. The van der Waals surface area contributed by atoms with Crippen molar-refractivity contribution in [3.05, 3.63) is 28.5 Å². The largest absolute Gasteiger partial charge is 0.330 e. The molecule has 108 valence electrons. The Labute approximate surface area is 126 Å². The molecule has 1 heterocycles. The van der Waals surface area contributed by atoms with Crippen LogP contribution in [0.15, 0.2) is 18.2 Å². The first kappa shape index (κ1) is 13.9.